The first-order chi connectivity index (χ1) is 13.3. The Morgan fingerprint density at radius 3 is 2.50 bits per heavy atom. The van der Waals surface area contributed by atoms with Crippen molar-refractivity contribution in [1.82, 2.24) is 10.3 Å². The minimum atomic E-state index is -3.86. The van der Waals surface area contributed by atoms with Crippen molar-refractivity contribution in [1.29, 1.82) is 0 Å². The molecule has 0 aliphatic carbocycles. The molecule has 0 aliphatic heterocycles. The molecule has 148 valence electrons. The van der Waals surface area contributed by atoms with Gasteiger partial charge in [0.1, 0.15) is 9.77 Å². The van der Waals surface area contributed by atoms with Gasteiger partial charge in [0.25, 0.3) is 15.9 Å². The number of hydrogen-bond acceptors (Lipinski definition) is 6. The Labute approximate surface area is 172 Å². The molecule has 3 rings (SSSR count). The van der Waals surface area contributed by atoms with Crippen LogP contribution >= 0.6 is 22.7 Å². The van der Waals surface area contributed by atoms with Crippen LogP contribution in [0, 0.1) is 6.92 Å². The van der Waals surface area contributed by atoms with Crippen molar-refractivity contribution >= 4 is 44.3 Å². The monoisotopic (exact) mass is 435 g/mol. The number of nitrogens with one attached hydrogen (secondary N) is 2. The highest BCUT2D eigenvalue weighted by atomic mass is 32.2. The normalized spacial score (nSPS) is 11.6. The van der Waals surface area contributed by atoms with Crippen LogP contribution in [0.3, 0.4) is 0 Å². The fraction of sp³-hybridized carbons (Fsp3) is 0.263. The lowest BCUT2D eigenvalue weighted by atomic mass is 10.2. The Morgan fingerprint density at radius 2 is 1.86 bits per heavy atom. The van der Waals surface area contributed by atoms with Gasteiger partial charge in [-0.2, -0.15) is 0 Å². The summed E-state index contributed by atoms with van der Waals surface area (Å²) >= 11 is 2.64. The average Bonchev–Trinajstić information content (AvgIpc) is 3.31. The van der Waals surface area contributed by atoms with Gasteiger partial charge >= 0.3 is 0 Å². The van der Waals surface area contributed by atoms with Crippen LogP contribution in [0.2, 0.25) is 0 Å². The van der Waals surface area contributed by atoms with Crippen molar-refractivity contribution in [2.45, 2.75) is 38.1 Å². The van der Waals surface area contributed by atoms with Crippen molar-refractivity contribution in [2.75, 3.05) is 4.72 Å². The molecule has 1 aromatic carbocycles. The molecule has 0 fully saturated rings. The fourth-order valence-corrected chi connectivity index (χ4v) is 5.66. The molecular weight excluding hydrogens is 414 g/mol. The summed E-state index contributed by atoms with van der Waals surface area (Å²) in [5.74, 6) is -0.102. The molecule has 0 saturated heterocycles. The third-order valence-corrected chi connectivity index (χ3v) is 7.58. The van der Waals surface area contributed by atoms with E-state index < -0.39 is 15.9 Å². The van der Waals surface area contributed by atoms with Crippen LogP contribution in [0.5, 0.6) is 0 Å². The maximum Gasteiger partial charge on any atom is 0.263 e. The Balaban J connectivity index is 1.72. The lowest BCUT2D eigenvalue weighted by Gasteiger charge is -2.09. The van der Waals surface area contributed by atoms with Crippen molar-refractivity contribution in [3.05, 3.63) is 62.2 Å². The summed E-state index contributed by atoms with van der Waals surface area (Å²) in [5, 5.41) is 7.27. The molecule has 9 heteroatoms. The summed E-state index contributed by atoms with van der Waals surface area (Å²) in [6, 6.07) is 8.45. The minimum Gasteiger partial charge on any atom is -0.346 e. The van der Waals surface area contributed by atoms with E-state index in [2.05, 4.69) is 28.9 Å². The van der Waals surface area contributed by atoms with E-state index in [0.717, 1.165) is 27.6 Å². The van der Waals surface area contributed by atoms with Crippen LogP contribution in [0.25, 0.3) is 0 Å². The summed E-state index contributed by atoms with van der Waals surface area (Å²) in [6.45, 7) is 6.30. The first-order valence-electron chi connectivity index (χ1n) is 8.66. The summed E-state index contributed by atoms with van der Waals surface area (Å²) in [7, 11) is -3.86. The molecule has 0 radical (unpaired) electrons. The number of nitrogens with zero attached hydrogens (tertiary/aromatic N) is 1. The number of benzene rings is 1. The van der Waals surface area contributed by atoms with E-state index in [1.165, 1.54) is 6.07 Å². The number of aryl methyl sites for hydroxylation is 1. The SMILES string of the molecule is Cc1ccc(NS(=O)(=O)c2ccsc2C(=O)NCc2csc(C(C)C)n2)cc1. The number of sulfonamides is 1. The number of anilines is 1. The lowest BCUT2D eigenvalue weighted by molar-refractivity contribution is 0.0951. The van der Waals surface area contributed by atoms with E-state index in [0.29, 0.717) is 11.6 Å². The Morgan fingerprint density at radius 1 is 1.14 bits per heavy atom. The van der Waals surface area contributed by atoms with Crippen LogP contribution in [0.15, 0.2) is 46.0 Å². The Kier molecular flexibility index (Phi) is 6.17. The second-order valence-corrected chi connectivity index (χ2v) is 10.1. The summed E-state index contributed by atoms with van der Waals surface area (Å²) in [4.78, 5) is 17.2. The van der Waals surface area contributed by atoms with Gasteiger partial charge in [0.15, 0.2) is 0 Å². The van der Waals surface area contributed by atoms with Crippen LogP contribution in [0.1, 0.15) is 45.7 Å². The smallest absolute Gasteiger partial charge is 0.263 e. The molecule has 0 atom stereocenters. The third kappa shape index (κ3) is 4.78. The summed E-state index contributed by atoms with van der Waals surface area (Å²) < 4.78 is 28.0. The molecule has 0 saturated carbocycles. The van der Waals surface area contributed by atoms with Crippen LogP contribution in [0.4, 0.5) is 5.69 Å². The van der Waals surface area contributed by atoms with E-state index in [1.807, 2.05) is 24.4 Å². The van der Waals surface area contributed by atoms with Gasteiger partial charge in [0.05, 0.1) is 17.2 Å². The first-order valence-corrected chi connectivity index (χ1v) is 11.9. The Hall–Kier alpha value is -2.23. The van der Waals surface area contributed by atoms with Crippen LogP contribution in [-0.4, -0.2) is 19.3 Å². The highest BCUT2D eigenvalue weighted by Crippen LogP contribution is 2.25. The number of thiazole rings is 1. The molecule has 0 spiro atoms. The largest absolute Gasteiger partial charge is 0.346 e. The van der Waals surface area contributed by atoms with E-state index in [9.17, 15) is 13.2 Å². The number of amides is 1. The highest BCUT2D eigenvalue weighted by molar-refractivity contribution is 7.93. The summed E-state index contributed by atoms with van der Waals surface area (Å²) in [5.41, 5.74) is 2.24. The van der Waals surface area contributed by atoms with Gasteiger partial charge in [-0.1, -0.05) is 31.5 Å². The number of hydrogen-bond donors (Lipinski definition) is 2. The van der Waals surface area contributed by atoms with E-state index >= 15 is 0 Å². The number of aromatic nitrogens is 1. The minimum absolute atomic E-state index is 0.0308. The number of carbonyl (C=O) groups is 1. The van der Waals surface area contributed by atoms with Crippen molar-refractivity contribution < 1.29 is 13.2 Å². The molecule has 2 aromatic heterocycles. The van der Waals surface area contributed by atoms with Gasteiger partial charge in [-0.15, -0.1) is 22.7 Å². The molecule has 0 unspecified atom stereocenters. The topological polar surface area (TPSA) is 88.2 Å². The predicted octanol–water partition coefficient (Wildman–Crippen LogP) is 4.37. The van der Waals surface area contributed by atoms with Gasteiger partial charge < -0.3 is 5.32 Å². The summed E-state index contributed by atoms with van der Waals surface area (Å²) in [6.07, 6.45) is 0. The van der Waals surface area contributed by atoms with Crippen molar-refractivity contribution in [2.24, 2.45) is 0 Å². The maximum absolute atomic E-state index is 12.7. The second kappa shape index (κ2) is 8.42. The predicted molar refractivity (Wildman–Crippen MR) is 114 cm³/mol. The number of carbonyl (C=O) groups excluding carboxylic acids is 1. The van der Waals surface area contributed by atoms with E-state index in [1.54, 1.807) is 28.8 Å². The van der Waals surface area contributed by atoms with Gasteiger partial charge in [-0.3, -0.25) is 9.52 Å². The Bertz CT molecular complexity index is 1070. The fourth-order valence-electron chi connectivity index (χ4n) is 2.43. The van der Waals surface area contributed by atoms with Gasteiger partial charge in [0.2, 0.25) is 0 Å². The van der Waals surface area contributed by atoms with Gasteiger partial charge in [-0.25, -0.2) is 13.4 Å². The zero-order chi connectivity index (χ0) is 20.3. The first kappa shape index (κ1) is 20.5. The molecular formula is C19H21N3O3S3. The van der Waals surface area contributed by atoms with E-state index in [-0.39, 0.29) is 16.3 Å². The zero-order valence-electron chi connectivity index (χ0n) is 15.7. The van der Waals surface area contributed by atoms with Gasteiger partial charge in [0, 0.05) is 17.0 Å². The maximum atomic E-state index is 12.7. The zero-order valence-corrected chi connectivity index (χ0v) is 18.2. The lowest BCUT2D eigenvalue weighted by Crippen LogP contribution is -2.25. The van der Waals surface area contributed by atoms with Crippen LogP contribution in [-0.2, 0) is 16.6 Å². The van der Waals surface area contributed by atoms with Crippen molar-refractivity contribution in [3.63, 3.8) is 0 Å². The quantitative estimate of drug-likeness (QED) is 0.577. The molecule has 2 heterocycles. The molecule has 3 aromatic rings. The van der Waals surface area contributed by atoms with Crippen molar-refractivity contribution in [3.8, 4) is 0 Å². The van der Waals surface area contributed by atoms with Gasteiger partial charge in [-0.05, 0) is 30.5 Å². The number of thiophene rings is 1. The molecule has 6 nitrogen and oxygen atoms in total. The third-order valence-electron chi connectivity index (χ3n) is 3.92. The molecule has 28 heavy (non-hydrogen) atoms. The van der Waals surface area contributed by atoms with E-state index in [4.69, 9.17) is 0 Å². The molecule has 2 N–H and O–H groups in total. The average molecular weight is 436 g/mol. The molecule has 1 amide bonds. The highest BCUT2D eigenvalue weighted by Gasteiger charge is 2.24. The molecule has 0 bridgehead atoms. The number of rotatable bonds is 7. The van der Waals surface area contributed by atoms with Crippen LogP contribution < -0.4 is 10.0 Å². The second-order valence-electron chi connectivity index (χ2n) is 6.60. The standard InChI is InChI=1S/C19H21N3O3S3/c1-12(2)19-21-15(11-27-19)10-20-18(23)17-16(8-9-26-17)28(24,25)22-14-6-4-13(3)5-7-14/h4-9,11-12,22H,10H2,1-3H3,(H,20,23). The molecule has 0 aliphatic rings.